The highest BCUT2D eigenvalue weighted by Crippen LogP contribution is 2.27. The van der Waals surface area contributed by atoms with Crippen LogP contribution in [0.4, 0.5) is 10.1 Å². The highest BCUT2D eigenvalue weighted by atomic mass is 19.1. The molecule has 2 aromatic heterocycles. The maximum Gasteiger partial charge on any atom is 0.303 e. The Labute approximate surface area is 179 Å². The minimum atomic E-state index is -0.960. The van der Waals surface area contributed by atoms with E-state index in [1.807, 2.05) is 6.07 Å². The Morgan fingerprint density at radius 2 is 2.19 bits per heavy atom. The zero-order chi connectivity index (χ0) is 21.6. The molecule has 0 spiro atoms. The molecule has 8 heteroatoms. The van der Waals surface area contributed by atoms with Crippen LogP contribution in [0, 0.1) is 5.82 Å². The number of carbonyl (C=O) groups is 1. The van der Waals surface area contributed by atoms with Crippen LogP contribution >= 0.6 is 0 Å². The molecule has 1 aliphatic rings. The quantitative estimate of drug-likeness (QED) is 0.535. The lowest BCUT2D eigenvalue weighted by atomic mass is 9.91. The summed E-state index contributed by atoms with van der Waals surface area (Å²) in [6.45, 7) is 1.38. The molecule has 4 rings (SSSR count). The van der Waals surface area contributed by atoms with Gasteiger partial charge in [-0.2, -0.15) is 0 Å². The standard InChI is InChI=1S/C23H24FN3O4/c24-17-4-1-3-15(11-17)16(13-23(28)29)12-19-14-22(27-31-19)30-10-8-18-6-7-20-21(26-18)5-2-9-25-20/h1,3-4,6-7,11,14,16,25H,2,5,8-10,12-13H2,(H,28,29). The van der Waals surface area contributed by atoms with E-state index < -0.39 is 17.7 Å². The third kappa shape index (κ3) is 5.59. The molecule has 0 amide bonds. The minimum Gasteiger partial charge on any atom is -0.481 e. The monoisotopic (exact) mass is 425 g/mol. The summed E-state index contributed by atoms with van der Waals surface area (Å²) in [4.78, 5) is 15.9. The SMILES string of the molecule is O=C(O)CC(Cc1cc(OCCc2ccc3c(n2)CCCN3)no1)c1cccc(F)c1. The van der Waals surface area contributed by atoms with Gasteiger partial charge in [0.2, 0.25) is 0 Å². The molecule has 1 aliphatic heterocycles. The first-order chi connectivity index (χ1) is 15.1. The smallest absolute Gasteiger partial charge is 0.303 e. The number of benzene rings is 1. The van der Waals surface area contributed by atoms with Gasteiger partial charge in [-0.1, -0.05) is 12.1 Å². The second-order valence-corrected chi connectivity index (χ2v) is 7.61. The molecule has 2 N–H and O–H groups in total. The Morgan fingerprint density at radius 1 is 1.29 bits per heavy atom. The molecule has 162 valence electrons. The summed E-state index contributed by atoms with van der Waals surface area (Å²) in [5.74, 6) is -0.965. The van der Waals surface area contributed by atoms with E-state index >= 15 is 0 Å². The van der Waals surface area contributed by atoms with Crippen LogP contribution in [0.1, 0.15) is 41.5 Å². The van der Waals surface area contributed by atoms with Gasteiger partial charge in [0.1, 0.15) is 11.6 Å². The molecular weight excluding hydrogens is 401 g/mol. The predicted molar refractivity (Wildman–Crippen MR) is 112 cm³/mol. The van der Waals surface area contributed by atoms with Gasteiger partial charge < -0.3 is 19.7 Å². The van der Waals surface area contributed by atoms with E-state index in [0.717, 1.165) is 36.5 Å². The summed E-state index contributed by atoms with van der Waals surface area (Å²) < 4.78 is 24.6. The average molecular weight is 425 g/mol. The molecule has 31 heavy (non-hydrogen) atoms. The molecular formula is C23H24FN3O4. The van der Waals surface area contributed by atoms with Crippen molar-refractivity contribution in [1.29, 1.82) is 0 Å². The molecule has 0 saturated carbocycles. The Balaban J connectivity index is 1.34. The number of nitrogens with one attached hydrogen (secondary N) is 1. The zero-order valence-electron chi connectivity index (χ0n) is 17.0. The molecule has 3 aromatic rings. The molecule has 0 radical (unpaired) electrons. The molecule has 3 heterocycles. The molecule has 0 fully saturated rings. The number of aryl methyl sites for hydroxylation is 1. The number of fused-ring (bicyclic) bond motifs is 1. The van der Waals surface area contributed by atoms with E-state index in [9.17, 15) is 14.3 Å². The summed E-state index contributed by atoms with van der Waals surface area (Å²) in [5, 5.41) is 16.5. The number of anilines is 1. The maximum absolute atomic E-state index is 13.6. The first-order valence-electron chi connectivity index (χ1n) is 10.3. The van der Waals surface area contributed by atoms with Crippen molar-refractivity contribution in [1.82, 2.24) is 10.1 Å². The van der Waals surface area contributed by atoms with Crippen molar-refractivity contribution >= 4 is 11.7 Å². The summed E-state index contributed by atoms with van der Waals surface area (Å²) in [6, 6.07) is 11.7. The molecule has 1 aromatic carbocycles. The Bertz CT molecular complexity index is 1050. The van der Waals surface area contributed by atoms with E-state index in [-0.39, 0.29) is 12.8 Å². The molecule has 0 bridgehead atoms. The highest BCUT2D eigenvalue weighted by molar-refractivity contribution is 5.68. The van der Waals surface area contributed by atoms with Crippen molar-refractivity contribution in [2.45, 2.75) is 38.0 Å². The summed E-state index contributed by atoms with van der Waals surface area (Å²) in [5.41, 5.74) is 3.76. The van der Waals surface area contributed by atoms with Gasteiger partial charge in [-0.05, 0) is 47.8 Å². The number of ether oxygens (including phenoxy) is 1. The molecule has 7 nitrogen and oxygen atoms in total. The van der Waals surface area contributed by atoms with Crippen molar-refractivity contribution in [2.24, 2.45) is 0 Å². The van der Waals surface area contributed by atoms with E-state index in [0.29, 0.717) is 30.2 Å². The van der Waals surface area contributed by atoms with E-state index in [2.05, 4.69) is 21.5 Å². The lowest BCUT2D eigenvalue weighted by molar-refractivity contribution is -0.137. The van der Waals surface area contributed by atoms with Crippen LogP contribution in [0.2, 0.25) is 0 Å². The fourth-order valence-corrected chi connectivity index (χ4v) is 3.76. The van der Waals surface area contributed by atoms with Crippen LogP contribution in [0.25, 0.3) is 0 Å². The van der Waals surface area contributed by atoms with Crippen molar-refractivity contribution in [3.63, 3.8) is 0 Å². The van der Waals surface area contributed by atoms with Crippen LogP contribution in [0.15, 0.2) is 47.0 Å². The number of nitrogens with zero attached hydrogens (tertiary/aromatic N) is 2. The topological polar surface area (TPSA) is 97.5 Å². The van der Waals surface area contributed by atoms with E-state index in [1.165, 1.54) is 12.1 Å². The number of pyridine rings is 1. The summed E-state index contributed by atoms with van der Waals surface area (Å²) in [7, 11) is 0. The number of carboxylic acid groups (broad SMARTS) is 1. The van der Waals surface area contributed by atoms with Crippen molar-refractivity contribution < 1.29 is 23.6 Å². The minimum absolute atomic E-state index is 0.140. The largest absolute Gasteiger partial charge is 0.481 e. The van der Waals surface area contributed by atoms with Gasteiger partial charge in [-0.25, -0.2) is 4.39 Å². The van der Waals surface area contributed by atoms with Crippen LogP contribution < -0.4 is 10.1 Å². The van der Waals surface area contributed by atoms with Crippen LogP contribution in [-0.4, -0.2) is 34.4 Å². The first-order valence-corrected chi connectivity index (χ1v) is 10.3. The van der Waals surface area contributed by atoms with E-state index in [1.54, 1.807) is 18.2 Å². The van der Waals surface area contributed by atoms with Gasteiger partial charge in [0.05, 0.1) is 24.4 Å². The Hall–Kier alpha value is -3.42. The van der Waals surface area contributed by atoms with E-state index in [4.69, 9.17) is 9.26 Å². The van der Waals surface area contributed by atoms with Crippen molar-refractivity contribution in [3.8, 4) is 5.88 Å². The third-order valence-corrected chi connectivity index (χ3v) is 5.27. The number of hydrogen-bond acceptors (Lipinski definition) is 6. The molecule has 0 aliphatic carbocycles. The highest BCUT2D eigenvalue weighted by Gasteiger charge is 2.20. The zero-order valence-corrected chi connectivity index (χ0v) is 17.0. The number of aliphatic carboxylic acids is 1. The molecule has 1 unspecified atom stereocenters. The van der Waals surface area contributed by atoms with Gasteiger partial charge >= 0.3 is 5.97 Å². The fourth-order valence-electron chi connectivity index (χ4n) is 3.76. The number of carboxylic acids is 1. The maximum atomic E-state index is 13.6. The first kappa shape index (κ1) is 20.8. The number of aromatic nitrogens is 2. The third-order valence-electron chi connectivity index (χ3n) is 5.27. The molecule has 1 atom stereocenters. The summed E-state index contributed by atoms with van der Waals surface area (Å²) in [6.07, 6.45) is 2.84. The Kier molecular flexibility index (Phi) is 6.45. The second kappa shape index (κ2) is 9.59. The van der Waals surface area contributed by atoms with Crippen LogP contribution in [-0.2, 0) is 24.1 Å². The van der Waals surface area contributed by atoms with Crippen molar-refractivity contribution in [3.05, 3.63) is 71.0 Å². The lowest BCUT2D eigenvalue weighted by Crippen LogP contribution is -2.14. The lowest BCUT2D eigenvalue weighted by Gasteiger charge is -2.17. The number of rotatable bonds is 9. The summed E-state index contributed by atoms with van der Waals surface area (Å²) >= 11 is 0. The van der Waals surface area contributed by atoms with Crippen LogP contribution in [0.3, 0.4) is 0 Å². The van der Waals surface area contributed by atoms with Crippen molar-refractivity contribution in [2.75, 3.05) is 18.5 Å². The Morgan fingerprint density at radius 3 is 3.03 bits per heavy atom. The second-order valence-electron chi connectivity index (χ2n) is 7.61. The number of hydrogen-bond donors (Lipinski definition) is 2. The number of halogens is 1. The van der Waals surface area contributed by atoms with Gasteiger partial charge in [0.25, 0.3) is 5.88 Å². The van der Waals surface area contributed by atoms with Gasteiger partial charge in [-0.3, -0.25) is 9.78 Å². The molecule has 0 saturated heterocycles. The van der Waals surface area contributed by atoms with Gasteiger partial charge in [0.15, 0.2) is 0 Å². The average Bonchev–Trinajstić information content (AvgIpc) is 3.20. The fraction of sp³-hybridized carbons (Fsp3) is 0.348. The predicted octanol–water partition coefficient (Wildman–Crippen LogP) is 3.99. The van der Waals surface area contributed by atoms with Gasteiger partial charge in [-0.15, -0.1) is 0 Å². The van der Waals surface area contributed by atoms with Gasteiger partial charge in [0, 0.05) is 37.1 Å². The normalized spacial score (nSPS) is 13.8. The van der Waals surface area contributed by atoms with Crippen LogP contribution in [0.5, 0.6) is 5.88 Å².